The largest absolute Gasteiger partial charge is 0.483 e. The summed E-state index contributed by atoms with van der Waals surface area (Å²) in [6.07, 6.45) is 0. The Labute approximate surface area is 223 Å². The van der Waals surface area contributed by atoms with Crippen molar-refractivity contribution < 1.29 is 9.53 Å². The van der Waals surface area contributed by atoms with E-state index in [-0.39, 0.29) is 12.5 Å². The standard InChI is InChI=1S/C30H34N4O2S/c1-21-9-11-26(22(2)17-21)33-13-15-34(16-14-33)29(35)20-36-27-12-10-23(18-24(27)19-32(3)4)30-31-25-7-5-6-8-28(25)37-30/h5-12,17-18H,13-16,19-20H2,1-4H3. The van der Waals surface area contributed by atoms with Crippen LogP contribution in [0.4, 0.5) is 5.69 Å². The number of piperazine rings is 1. The van der Waals surface area contributed by atoms with Crippen LogP contribution in [0.2, 0.25) is 0 Å². The summed E-state index contributed by atoms with van der Waals surface area (Å²) in [5, 5.41) is 0.991. The van der Waals surface area contributed by atoms with Gasteiger partial charge in [0.2, 0.25) is 0 Å². The van der Waals surface area contributed by atoms with Crippen molar-refractivity contribution in [3.05, 3.63) is 77.4 Å². The molecule has 1 aliphatic heterocycles. The number of anilines is 1. The van der Waals surface area contributed by atoms with Crippen LogP contribution in [0.3, 0.4) is 0 Å². The highest BCUT2D eigenvalue weighted by Gasteiger charge is 2.23. The van der Waals surface area contributed by atoms with Crippen molar-refractivity contribution in [3.8, 4) is 16.3 Å². The van der Waals surface area contributed by atoms with E-state index >= 15 is 0 Å². The van der Waals surface area contributed by atoms with Crippen molar-refractivity contribution in [1.29, 1.82) is 0 Å². The molecule has 2 heterocycles. The third kappa shape index (κ3) is 5.78. The quantitative estimate of drug-likeness (QED) is 0.332. The number of carbonyl (C=O) groups excluding carboxylic acids is 1. The van der Waals surface area contributed by atoms with E-state index in [4.69, 9.17) is 9.72 Å². The van der Waals surface area contributed by atoms with E-state index in [0.717, 1.165) is 47.0 Å². The molecule has 1 amide bonds. The summed E-state index contributed by atoms with van der Waals surface area (Å²) in [4.78, 5) is 24.2. The Morgan fingerprint density at radius 1 is 1.00 bits per heavy atom. The third-order valence-corrected chi connectivity index (χ3v) is 7.85. The minimum absolute atomic E-state index is 0.0336. The molecule has 0 spiro atoms. The Hall–Kier alpha value is -3.42. The summed E-state index contributed by atoms with van der Waals surface area (Å²) in [5.41, 5.74) is 6.95. The van der Waals surface area contributed by atoms with E-state index in [1.54, 1.807) is 11.3 Å². The minimum Gasteiger partial charge on any atom is -0.483 e. The number of fused-ring (bicyclic) bond motifs is 1. The van der Waals surface area contributed by atoms with Crippen LogP contribution in [0.15, 0.2) is 60.7 Å². The molecular weight excluding hydrogens is 480 g/mol. The predicted octanol–water partition coefficient (Wildman–Crippen LogP) is 5.37. The van der Waals surface area contributed by atoms with Gasteiger partial charge in [-0.05, 0) is 69.9 Å². The molecule has 1 fully saturated rings. The maximum atomic E-state index is 13.0. The number of ether oxygens (including phenoxy) is 1. The number of amides is 1. The molecule has 7 heteroatoms. The lowest BCUT2D eigenvalue weighted by molar-refractivity contribution is -0.133. The van der Waals surface area contributed by atoms with Gasteiger partial charge in [0, 0.05) is 49.5 Å². The smallest absolute Gasteiger partial charge is 0.260 e. The van der Waals surface area contributed by atoms with Gasteiger partial charge in [-0.3, -0.25) is 4.79 Å². The zero-order chi connectivity index (χ0) is 25.9. The fraction of sp³-hybridized carbons (Fsp3) is 0.333. The van der Waals surface area contributed by atoms with E-state index < -0.39 is 0 Å². The molecule has 4 aromatic rings. The summed E-state index contributed by atoms with van der Waals surface area (Å²) in [5.74, 6) is 0.784. The number of hydrogen-bond donors (Lipinski definition) is 0. The Morgan fingerprint density at radius 2 is 1.78 bits per heavy atom. The van der Waals surface area contributed by atoms with Crippen molar-refractivity contribution in [2.24, 2.45) is 0 Å². The number of benzene rings is 3. The van der Waals surface area contributed by atoms with Crippen LogP contribution in [-0.4, -0.2) is 67.6 Å². The second-order valence-corrected chi connectivity index (χ2v) is 11.0. The monoisotopic (exact) mass is 514 g/mol. The van der Waals surface area contributed by atoms with Gasteiger partial charge in [0.05, 0.1) is 10.2 Å². The summed E-state index contributed by atoms with van der Waals surface area (Å²) in [6, 6.07) is 20.9. The molecule has 0 saturated carbocycles. The molecule has 0 bridgehead atoms. The van der Waals surface area contributed by atoms with Gasteiger partial charge in [0.25, 0.3) is 5.91 Å². The van der Waals surface area contributed by atoms with Crippen LogP contribution in [0.1, 0.15) is 16.7 Å². The highest BCUT2D eigenvalue weighted by Crippen LogP contribution is 2.33. The minimum atomic E-state index is 0.0336. The number of nitrogens with zero attached hydrogens (tertiary/aromatic N) is 4. The van der Waals surface area contributed by atoms with Gasteiger partial charge in [0.1, 0.15) is 10.8 Å². The van der Waals surface area contributed by atoms with Crippen LogP contribution < -0.4 is 9.64 Å². The predicted molar refractivity (Wildman–Crippen MR) is 153 cm³/mol. The molecule has 37 heavy (non-hydrogen) atoms. The van der Waals surface area contributed by atoms with Crippen LogP contribution in [0, 0.1) is 13.8 Å². The molecule has 1 aromatic heterocycles. The summed E-state index contributed by atoms with van der Waals surface area (Å²) in [7, 11) is 4.07. The van der Waals surface area contributed by atoms with Gasteiger partial charge in [-0.25, -0.2) is 4.98 Å². The molecule has 6 nitrogen and oxygen atoms in total. The van der Waals surface area contributed by atoms with Gasteiger partial charge >= 0.3 is 0 Å². The molecule has 0 atom stereocenters. The lowest BCUT2D eigenvalue weighted by atomic mass is 10.1. The van der Waals surface area contributed by atoms with Crippen LogP contribution in [0.25, 0.3) is 20.8 Å². The Balaban J connectivity index is 1.24. The zero-order valence-corrected chi connectivity index (χ0v) is 22.8. The number of thiazole rings is 1. The van der Waals surface area contributed by atoms with Crippen molar-refractivity contribution >= 4 is 33.1 Å². The molecule has 1 saturated heterocycles. The zero-order valence-electron chi connectivity index (χ0n) is 22.0. The average molecular weight is 515 g/mol. The number of aromatic nitrogens is 1. The van der Waals surface area contributed by atoms with Crippen molar-refractivity contribution in [2.75, 3.05) is 51.8 Å². The van der Waals surface area contributed by atoms with E-state index in [9.17, 15) is 4.79 Å². The Kier molecular flexibility index (Phi) is 7.44. The van der Waals surface area contributed by atoms with E-state index in [2.05, 4.69) is 54.0 Å². The first kappa shape index (κ1) is 25.2. The molecule has 3 aromatic carbocycles. The van der Waals surface area contributed by atoms with Gasteiger partial charge in [-0.15, -0.1) is 11.3 Å². The van der Waals surface area contributed by atoms with Gasteiger partial charge < -0.3 is 19.4 Å². The second kappa shape index (κ2) is 10.9. The van der Waals surface area contributed by atoms with Gasteiger partial charge in [0.15, 0.2) is 6.61 Å². The molecule has 5 rings (SSSR count). The van der Waals surface area contributed by atoms with Crippen molar-refractivity contribution in [3.63, 3.8) is 0 Å². The lowest BCUT2D eigenvalue weighted by Crippen LogP contribution is -2.50. The van der Waals surface area contributed by atoms with Crippen LogP contribution in [0.5, 0.6) is 5.75 Å². The van der Waals surface area contributed by atoms with Crippen LogP contribution in [-0.2, 0) is 11.3 Å². The number of hydrogen-bond acceptors (Lipinski definition) is 6. The van der Waals surface area contributed by atoms with E-state index in [1.165, 1.54) is 21.5 Å². The van der Waals surface area contributed by atoms with Crippen LogP contribution >= 0.6 is 11.3 Å². The Bertz CT molecular complexity index is 1370. The van der Waals surface area contributed by atoms with E-state index in [1.807, 2.05) is 49.3 Å². The molecule has 192 valence electrons. The molecule has 1 aliphatic rings. The third-order valence-electron chi connectivity index (χ3n) is 6.76. The van der Waals surface area contributed by atoms with Gasteiger partial charge in [-0.2, -0.15) is 0 Å². The molecule has 0 aliphatic carbocycles. The molecule has 0 N–H and O–H groups in total. The first-order valence-corrected chi connectivity index (χ1v) is 13.6. The summed E-state index contributed by atoms with van der Waals surface area (Å²) >= 11 is 1.69. The fourth-order valence-electron chi connectivity index (χ4n) is 4.90. The number of rotatable bonds is 7. The Morgan fingerprint density at radius 3 is 2.51 bits per heavy atom. The molecule has 0 radical (unpaired) electrons. The SMILES string of the molecule is Cc1ccc(N2CCN(C(=O)COc3ccc(-c4nc5ccccc5s4)cc3CN(C)C)CC2)c(C)c1. The average Bonchev–Trinajstić information content (AvgIpc) is 3.32. The maximum Gasteiger partial charge on any atom is 0.260 e. The fourth-order valence-corrected chi connectivity index (χ4v) is 5.86. The summed E-state index contributed by atoms with van der Waals surface area (Å²) < 4.78 is 7.27. The highest BCUT2D eigenvalue weighted by atomic mass is 32.1. The number of carbonyl (C=O) groups is 1. The lowest BCUT2D eigenvalue weighted by Gasteiger charge is -2.36. The molecule has 0 unspecified atom stereocenters. The number of para-hydroxylation sites is 1. The second-order valence-electron chi connectivity index (χ2n) is 9.99. The van der Waals surface area contributed by atoms with Gasteiger partial charge in [-0.1, -0.05) is 29.8 Å². The summed E-state index contributed by atoms with van der Waals surface area (Å²) in [6.45, 7) is 8.11. The van der Waals surface area contributed by atoms with Crippen molar-refractivity contribution in [1.82, 2.24) is 14.8 Å². The first-order valence-electron chi connectivity index (χ1n) is 12.7. The highest BCUT2D eigenvalue weighted by molar-refractivity contribution is 7.21. The molecular formula is C30H34N4O2S. The van der Waals surface area contributed by atoms with E-state index in [0.29, 0.717) is 13.1 Å². The first-order chi connectivity index (χ1) is 17.9. The number of aryl methyl sites for hydroxylation is 2. The topological polar surface area (TPSA) is 48.9 Å². The maximum absolute atomic E-state index is 13.0. The van der Waals surface area contributed by atoms with Crippen molar-refractivity contribution in [2.45, 2.75) is 20.4 Å². The normalized spacial score (nSPS) is 14.0.